The summed E-state index contributed by atoms with van der Waals surface area (Å²) < 4.78 is 1.64. The third kappa shape index (κ3) is 4.43. The van der Waals surface area contributed by atoms with Crippen molar-refractivity contribution in [2.24, 2.45) is 7.05 Å². The summed E-state index contributed by atoms with van der Waals surface area (Å²) in [5.74, 6) is 0.239. The molecule has 1 atom stereocenters. The number of nitrogens with one attached hydrogen (secondary N) is 2. The van der Waals surface area contributed by atoms with Crippen LogP contribution < -0.4 is 10.6 Å². The predicted molar refractivity (Wildman–Crippen MR) is 132 cm³/mol. The predicted octanol–water partition coefficient (Wildman–Crippen LogP) is 4.17. The molecule has 8 nitrogen and oxygen atoms in total. The number of ketones is 1. The number of aryl methyl sites for hydroxylation is 1. The molecule has 34 heavy (non-hydrogen) atoms. The van der Waals surface area contributed by atoms with Gasteiger partial charge in [-0.25, -0.2) is 4.68 Å². The number of nitrogens with zero attached hydrogens (tertiary/aromatic N) is 4. The van der Waals surface area contributed by atoms with E-state index < -0.39 is 0 Å². The average molecular weight is 493 g/mol. The first-order valence-corrected chi connectivity index (χ1v) is 12.9. The topological polar surface area (TPSA) is 102 Å². The van der Waals surface area contributed by atoms with Crippen LogP contribution in [-0.2, 0) is 22.4 Å². The fourth-order valence-electron chi connectivity index (χ4n) is 4.40. The molecule has 174 valence electrons. The molecule has 2 aliphatic rings. The molecular formula is C24H24N6O2S2. The number of Topliss-reactive ketones (excluding diaryl/α,β-unsaturated/α-hetero) is 1. The van der Waals surface area contributed by atoms with Gasteiger partial charge in [0.05, 0.1) is 5.92 Å². The van der Waals surface area contributed by atoms with E-state index in [-0.39, 0.29) is 17.6 Å². The first-order chi connectivity index (χ1) is 16.5. The van der Waals surface area contributed by atoms with Gasteiger partial charge >= 0.3 is 0 Å². The number of anilines is 1. The van der Waals surface area contributed by atoms with Crippen LogP contribution in [0.2, 0.25) is 0 Å². The number of para-hydroxylation sites is 1. The Morgan fingerprint density at radius 3 is 2.88 bits per heavy atom. The number of carbonyl (C=O) groups is 2. The molecule has 3 heterocycles. The molecule has 2 aromatic heterocycles. The maximum Gasteiger partial charge on any atom is 0.254 e. The molecule has 5 rings (SSSR count). The summed E-state index contributed by atoms with van der Waals surface area (Å²) in [6.07, 6.45) is 2.15. The van der Waals surface area contributed by atoms with Crippen LogP contribution in [0.15, 0.2) is 69.5 Å². The average Bonchev–Trinajstić information content (AvgIpc) is 3.46. The van der Waals surface area contributed by atoms with Gasteiger partial charge in [0.15, 0.2) is 5.78 Å². The molecule has 10 heteroatoms. The van der Waals surface area contributed by atoms with Crippen LogP contribution in [0.5, 0.6) is 0 Å². The van der Waals surface area contributed by atoms with E-state index in [0.29, 0.717) is 17.7 Å². The van der Waals surface area contributed by atoms with Crippen LogP contribution in [0.1, 0.15) is 42.5 Å². The van der Waals surface area contributed by atoms with Crippen molar-refractivity contribution in [1.29, 1.82) is 0 Å². The molecular weight excluding hydrogens is 468 g/mol. The molecule has 1 aliphatic heterocycles. The highest BCUT2D eigenvalue weighted by molar-refractivity contribution is 7.98. The largest absolute Gasteiger partial charge is 0.362 e. The van der Waals surface area contributed by atoms with E-state index in [9.17, 15) is 9.59 Å². The molecule has 0 radical (unpaired) electrons. The molecule has 0 saturated carbocycles. The maximum atomic E-state index is 13.5. The minimum atomic E-state index is -0.381. The Morgan fingerprint density at radius 2 is 2.12 bits per heavy atom. The number of rotatable bonds is 6. The number of aromatic nitrogens is 4. The van der Waals surface area contributed by atoms with Gasteiger partial charge in [0, 0.05) is 52.3 Å². The molecule has 0 bridgehead atoms. The zero-order chi connectivity index (χ0) is 23.7. The number of thiophene rings is 1. The van der Waals surface area contributed by atoms with Crippen LogP contribution in [0.3, 0.4) is 0 Å². The number of hydrogen-bond donors (Lipinski definition) is 2. The quantitative estimate of drug-likeness (QED) is 0.498. The van der Waals surface area contributed by atoms with Gasteiger partial charge in [-0.3, -0.25) is 9.59 Å². The zero-order valence-corrected chi connectivity index (χ0v) is 20.5. The Hall–Kier alpha value is -3.24. The van der Waals surface area contributed by atoms with E-state index in [2.05, 4.69) is 37.6 Å². The van der Waals surface area contributed by atoms with Gasteiger partial charge in [-0.15, -0.1) is 16.4 Å². The van der Waals surface area contributed by atoms with E-state index in [1.165, 1.54) is 0 Å². The molecule has 1 aliphatic carbocycles. The van der Waals surface area contributed by atoms with Gasteiger partial charge in [-0.05, 0) is 59.3 Å². The highest BCUT2D eigenvalue weighted by Crippen LogP contribution is 2.44. The number of amides is 1. The lowest BCUT2D eigenvalue weighted by Gasteiger charge is -2.33. The Balaban J connectivity index is 1.48. The van der Waals surface area contributed by atoms with E-state index in [1.54, 1.807) is 27.8 Å². The number of tetrazole rings is 1. The summed E-state index contributed by atoms with van der Waals surface area (Å²) in [5, 5.41) is 20.8. The minimum absolute atomic E-state index is 0.116. The first kappa shape index (κ1) is 22.5. The van der Waals surface area contributed by atoms with E-state index in [1.807, 2.05) is 44.3 Å². The molecule has 1 amide bonds. The summed E-state index contributed by atoms with van der Waals surface area (Å²) >= 11 is 3.14. The number of benzene rings is 1. The van der Waals surface area contributed by atoms with Crippen LogP contribution in [0, 0.1) is 0 Å². The third-order valence-corrected chi connectivity index (χ3v) is 8.09. The maximum absolute atomic E-state index is 13.5. The second-order valence-corrected chi connectivity index (χ2v) is 10.2. The fourth-order valence-corrected chi connectivity index (χ4v) is 6.32. The lowest BCUT2D eigenvalue weighted by Crippen LogP contribution is -2.35. The number of dihydropyridines is 1. The van der Waals surface area contributed by atoms with E-state index in [0.717, 1.165) is 51.1 Å². The molecule has 1 aromatic carbocycles. The lowest BCUT2D eigenvalue weighted by atomic mass is 9.77. The van der Waals surface area contributed by atoms with Gasteiger partial charge in [0.25, 0.3) is 5.91 Å². The van der Waals surface area contributed by atoms with Crippen LogP contribution in [0.25, 0.3) is 0 Å². The van der Waals surface area contributed by atoms with Crippen LogP contribution in [0.4, 0.5) is 5.69 Å². The molecule has 0 saturated heterocycles. The summed E-state index contributed by atoms with van der Waals surface area (Å²) in [4.78, 5) is 27.6. The molecule has 0 fully saturated rings. The highest BCUT2D eigenvalue weighted by atomic mass is 32.2. The third-order valence-electron chi connectivity index (χ3n) is 5.96. The Bertz CT molecular complexity index is 1310. The van der Waals surface area contributed by atoms with Crippen LogP contribution in [-0.4, -0.2) is 31.9 Å². The summed E-state index contributed by atoms with van der Waals surface area (Å²) in [6, 6.07) is 11.5. The van der Waals surface area contributed by atoms with Crippen molar-refractivity contribution in [2.75, 3.05) is 5.32 Å². The Kier molecular flexibility index (Phi) is 6.34. The van der Waals surface area contributed by atoms with Crippen molar-refractivity contribution in [3.63, 3.8) is 0 Å². The zero-order valence-electron chi connectivity index (χ0n) is 18.9. The monoisotopic (exact) mass is 492 g/mol. The Labute approximate surface area is 205 Å². The lowest BCUT2D eigenvalue weighted by molar-refractivity contribution is -0.116. The molecule has 0 spiro atoms. The summed E-state index contributed by atoms with van der Waals surface area (Å²) in [6.45, 7) is 1.92. The number of allylic oxidation sites excluding steroid dienone is 3. The SMILES string of the molecule is CC1=C(C(=O)Nc2ccccc2)[C@@H](c2cc(CSc3nnnn3C)cs2)C2=C(CCCC2=O)N1. The second kappa shape index (κ2) is 9.55. The normalized spacial score (nSPS) is 18.1. The second-order valence-electron chi connectivity index (χ2n) is 8.32. The number of hydrogen-bond acceptors (Lipinski definition) is 8. The molecule has 0 unspecified atom stereocenters. The van der Waals surface area contributed by atoms with Crippen molar-refractivity contribution in [2.45, 2.75) is 43.0 Å². The van der Waals surface area contributed by atoms with Crippen molar-refractivity contribution >= 4 is 40.5 Å². The first-order valence-electron chi connectivity index (χ1n) is 11.0. The number of thioether (sulfide) groups is 1. The van der Waals surface area contributed by atoms with Gasteiger partial charge in [-0.2, -0.15) is 0 Å². The van der Waals surface area contributed by atoms with Gasteiger partial charge in [-0.1, -0.05) is 30.0 Å². The molecule has 2 N–H and O–H groups in total. The smallest absolute Gasteiger partial charge is 0.254 e. The van der Waals surface area contributed by atoms with Crippen molar-refractivity contribution in [1.82, 2.24) is 25.5 Å². The van der Waals surface area contributed by atoms with E-state index >= 15 is 0 Å². The van der Waals surface area contributed by atoms with E-state index in [4.69, 9.17) is 0 Å². The fraction of sp³-hybridized carbons (Fsp3) is 0.292. The van der Waals surface area contributed by atoms with Gasteiger partial charge < -0.3 is 10.6 Å². The van der Waals surface area contributed by atoms with Crippen molar-refractivity contribution < 1.29 is 9.59 Å². The standard InChI is InChI=1S/C24H24N6O2S2/c1-14-20(23(32)26-16-7-4-3-5-8-16)22(21-17(25-14)9-6-10-18(21)31)19-11-15(12-33-19)13-34-24-27-28-29-30(24)2/h3-5,7-8,11-12,22,25H,6,9-10,13H2,1-2H3,(H,26,32)/t22-/m1/s1. The van der Waals surface area contributed by atoms with Crippen LogP contribution >= 0.6 is 23.1 Å². The van der Waals surface area contributed by atoms with Crippen molar-refractivity contribution in [3.8, 4) is 0 Å². The van der Waals surface area contributed by atoms with Crippen molar-refractivity contribution in [3.05, 3.63) is 74.8 Å². The number of carbonyl (C=O) groups excluding carboxylic acids is 2. The van der Waals surface area contributed by atoms with Gasteiger partial charge in [0.2, 0.25) is 5.16 Å². The highest BCUT2D eigenvalue weighted by Gasteiger charge is 2.39. The molecule has 3 aromatic rings. The Morgan fingerprint density at radius 1 is 1.29 bits per heavy atom. The summed E-state index contributed by atoms with van der Waals surface area (Å²) in [7, 11) is 1.81. The van der Waals surface area contributed by atoms with Gasteiger partial charge in [0.1, 0.15) is 0 Å². The minimum Gasteiger partial charge on any atom is -0.362 e. The summed E-state index contributed by atoms with van der Waals surface area (Å²) in [5.41, 5.74) is 4.90.